The first-order valence-electron chi connectivity index (χ1n) is 10.3. The number of carbonyl (C=O) groups excluding carboxylic acids is 2. The molecule has 4 aromatic rings. The summed E-state index contributed by atoms with van der Waals surface area (Å²) in [5.41, 5.74) is 4.96. The summed E-state index contributed by atoms with van der Waals surface area (Å²) in [5.74, 6) is 1.74. The molecule has 0 aliphatic heterocycles. The Morgan fingerprint density at radius 3 is 2.55 bits per heavy atom. The number of carbonyl (C=O) groups is 2. The van der Waals surface area contributed by atoms with Gasteiger partial charge in [0.2, 0.25) is 0 Å². The third-order valence-electron chi connectivity index (χ3n) is 5.83. The molecular formula is C25H18N4O2. The van der Waals surface area contributed by atoms with E-state index in [1.807, 2.05) is 54.6 Å². The molecule has 1 fully saturated rings. The minimum absolute atomic E-state index is 0.0432. The zero-order valence-corrected chi connectivity index (χ0v) is 16.6. The SMILES string of the molecule is O=C(Nc1cccc(-c2n[nH]c(C3CC3)n2)c1)c1ccc2c(c1)C(=O)c1ccccc1-2. The lowest BCUT2D eigenvalue weighted by Gasteiger charge is -2.08. The molecule has 150 valence electrons. The molecule has 0 unspecified atom stereocenters. The second kappa shape index (κ2) is 6.74. The van der Waals surface area contributed by atoms with Gasteiger partial charge in [0.25, 0.3) is 5.91 Å². The summed E-state index contributed by atoms with van der Waals surface area (Å²) in [6, 6.07) is 20.2. The van der Waals surface area contributed by atoms with E-state index < -0.39 is 0 Å². The fourth-order valence-corrected chi connectivity index (χ4v) is 4.05. The molecule has 1 amide bonds. The molecule has 31 heavy (non-hydrogen) atoms. The average Bonchev–Trinajstić information content (AvgIpc) is 3.47. The van der Waals surface area contributed by atoms with Crippen molar-refractivity contribution in [1.82, 2.24) is 15.2 Å². The highest BCUT2D eigenvalue weighted by molar-refractivity contribution is 6.22. The molecule has 6 rings (SSSR count). The van der Waals surface area contributed by atoms with Gasteiger partial charge in [-0.2, -0.15) is 5.10 Å². The molecule has 1 heterocycles. The number of ketones is 1. The number of rotatable bonds is 4. The second-order valence-electron chi connectivity index (χ2n) is 7.99. The molecule has 0 atom stereocenters. The lowest BCUT2D eigenvalue weighted by atomic mass is 10.0. The first kappa shape index (κ1) is 17.8. The molecule has 0 spiro atoms. The molecule has 2 aliphatic rings. The first-order chi connectivity index (χ1) is 15.2. The standard InChI is InChI=1S/C25H18N4O2/c30-22-20-7-2-1-6-18(20)19-11-10-16(13-21(19)22)25(31)26-17-5-3-4-15(12-17)24-27-23(28-29-24)14-8-9-14/h1-7,10-14H,8-9H2,(H,26,31)(H,27,28,29). The number of nitrogens with zero attached hydrogens (tertiary/aromatic N) is 2. The molecule has 3 aromatic carbocycles. The van der Waals surface area contributed by atoms with Gasteiger partial charge in [0, 0.05) is 33.9 Å². The average molecular weight is 406 g/mol. The van der Waals surface area contributed by atoms with Crippen LogP contribution in [0.15, 0.2) is 66.7 Å². The van der Waals surface area contributed by atoms with Crippen LogP contribution in [-0.2, 0) is 0 Å². The lowest BCUT2D eigenvalue weighted by Crippen LogP contribution is -2.12. The van der Waals surface area contributed by atoms with E-state index in [9.17, 15) is 9.59 Å². The minimum atomic E-state index is -0.266. The van der Waals surface area contributed by atoms with Crippen molar-refractivity contribution < 1.29 is 9.59 Å². The van der Waals surface area contributed by atoms with Crippen molar-refractivity contribution in [2.24, 2.45) is 0 Å². The fourth-order valence-electron chi connectivity index (χ4n) is 4.05. The van der Waals surface area contributed by atoms with Crippen molar-refractivity contribution in [3.05, 3.63) is 89.2 Å². The smallest absolute Gasteiger partial charge is 0.255 e. The minimum Gasteiger partial charge on any atom is -0.322 e. The van der Waals surface area contributed by atoms with E-state index in [2.05, 4.69) is 20.5 Å². The number of hydrogen-bond donors (Lipinski definition) is 2. The number of benzene rings is 3. The Labute approximate surface area is 178 Å². The van der Waals surface area contributed by atoms with Gasteiger partial charge in [-0.05, 0) is 48.2 Å². The molecule has 0 saturated heterocycles. The second-order valence-corrected chi connectivity index (χ2v) is 7.99. The predicted octanol–water partition coefficient (Wildman–Crippen LogP) is 4.81. The Morgan fingerprint density at radius 2 is 1.71 bits per heavy atom. The van der Waals surface area contributed by atoms with Crippen LogP contribution < -0.4 is 5.32 Å². The van der Waals surface area contributed by atoms with Gasteiger partial charge in [-0.1, -0.05) is 42.5 Å². The summed E-state index contributed by atoms with van der Waals surface area (Å²) >= 11 is 0. The van der Waals surface area contributed by atoms with Crippen LogP contribution in [0.5, 0.6) is 0 Å². The number of anilines is 1. The van der Waals surface area contributed by atoms with Crippen LogP contribution in [-0.4, -0.2) is 26.9 Å². The monoisotopic (exact) mass is 406 g/mol. The van der Waals surface area contributed by atoms with Gasteiger partial charge in [-0.3, -0.25) is 14.7 Å². The topological polar surface area (TPSA) is 87.7 Å². The highest BCUT2D eigenvalue weighted by Crippen LogP contribution is 2.39. The first-order valence-corrected chi connectivity index (χ1v) is 10.3. The number of aromatic amines is 1. The Hall–Kier alpha value is -4.06. The van der Waals surface area contributed by atoms with Crippen molar-refractivity contribution in [2.45, 2.75) is 18.8 Å². The Balaban J connectivity index is 1.25. The zero-order valence-electron chi connectivity index (χ0n) is 16.6. The van der Waals surface area contributed by atoms with Crippen LogP contribution in [0.3, 0.4) is 0 Å². The van der Waals surface area contributed by atoms with Crippen LogP contribution in [0.1, 0.15) is 50.9 Å². The number of H-pyrrole nitrogens is 1. The van der Waals surface area contributed by atoms with Crippen LogP contribution in [0.25, 0.3) is 22.5 Å². The largest absolute Gasteiger partial charge is 0.322 e. The van der Waals surface area contributed by atoms with Crippen molar-refractivity contribution in [2.75, 3.05) is 5.32 Å². The zero-order chi connectivity index (χ0) is 20.9. The fraction of sp³-hybridized carbons (Fsp3) is 0.120. The van der Waals surface area contributed by atoms with Crippen LogP contribution >= 0.6 is 0 Å². The summed E-state index contributed by atoms with van der Waals surface area (Å²) in [7, 11) is 0. The van der Waals surface area contributed by atoms with E-state index in [0.717, 1.165) is 35.4 Å². The molecule has 1 saturated carbocycles. The van der Waals surface area contributed by atoms with Gasteiger partial charge in [0.15, 0.2) is 11.6 Å². The molecule has 0 radical (unpaired) electrons. The summed E-state index contributed by atoms with van der Waals surface area (Å²) in [4.78, 5) is 30.2. The van der Waals surface area contributed by atoms with E-state index in [1.54, 1.807) is 12.1 Å². The third-order valence-corrected chi connectivity index (χ3v) is 5.83. The van der Waals surface area contributed by atoms with Crippen molar-refractivity contribution in [1.29, 1.82) is 0 Å². The molecule has 1 aromatic heterocycles. The lowest BCUT2D eigenvalue weighted by molar-refractivity contribution is 0.102. The molecule has 0 bridgehead atoms. The number of fused-ring (bicyclic) bond motifs is 3. The number of aromatic nitrogens is 3. The summed E-state index contributed by atoms with van der Waals surface area (Å²) in [6.07, 6.45) is 2.30. The molecule has 6 heteroatoms. The van der Waals surface area contributed by atoms with Gasteiger partial charge in [-0.25, -0.2) is 4.98 Å². The summed E-state index contributed by atoms with van der Waals surface area (Å²) in [5, 5.41) is 10.2. The van der Waals surface area contributed by atoms with Crippen LogP contribution in [0.4, 0.5) is 5.69 Å². The maximum absolute atomic E-state index is 12.9. The number of nitrogens with one attached hydrogen (secondary N) is 2. The van der Waals surface area contributed by atoms with Crippen molar-refractivity contribution in [3.63, 3.8) is 0 Å². The van der Waals surface area contributed by atoms with E-state index >= 15 is 0 Å². The van der Waals surface area contributed by atoms with Gasteiger partial charge >= 0.3 is 0 Å². The molecule has 2 aliphatic carbocycles. The molecule has 6 nitrogen and oxygen atoms in total. The van der Waals surface area contributed by atoms with Gasteiger partial charge in [-0.15, -0.1) is 0 Å². The Morgan fingerprint density at radius 1 is 0.903 bits per heavy atom. The summed E-state index contributed by atoms with van der Waals surface area (Å²) in [6.45, 7) is 0. The highest BCUT2D eigenvalue weighted by atomic mass is 16.1. The number of amides is 1. The van der Waals surface area contributed by atoms with Gasteiger partial charge in [0.1, 0.15) is 5.82 Å². The van der Waals surface area contributed by atoms with Crippen LogP contribution in [0, 0.1) is 0 Å². The quantitative estimate of drug-likeness (QED) is 0.448. The molecule has 2 N–H and O–H groups in total. The van der Waals surface area contributed by atoms with Gasteiger partial charge in [0.05, 0.1) is 0 Å². The molecular weight excluding hydrogens is 388 g/mol. The van der Waals surface area contributed by atoms with Crippen LogP contribution in [0.2, 0.25) is 0 Å². The highest BCUT2D eigenvalue weighted by Gasteiger charge is 2.28. The normalized spacial score (nSPS) is 14.3. The Kier molecular flexibility index (Phi) is 3.86. The van der Waals surface area contributed by atoms with Gasteiger partial charge < -0.3 is 5.32 Å². The maximum atomic E-state index is 12.9. The Bertz CT molecular complexity index is 1370. The van der Waals surface area contributed by atoms with E-state index in [0.29, 0.717) is 34.1 Å². The van der Waals surface area contributed by atoms with E-state index in [-0.39, 0.29) is 11.7 Å². The van der Waals surface area contributed by atoms with E-state index in [1.165, 1.54) is 0 Å². The van der Waals surface area contributed by atoms with E-state index in [4.69, 9.17) is 0 Å². The van der Waals surface area contributed by atoms with Crippen molar-refractivity contribution >= 4 is 17.4 Å². The summed E-state index contributed by atoms with van der Waals surface area (Å²) < 4.78 is 0. The predicted molar refractivity (Wildman–Crippen MR) is 117 cm³/mol. The third kappa shape index (κ3) is 3.04. The number of hydrogen-bond acceptors (Lipinski definition) is 4. The van der Waals surface area contributed by atoms with Crippen molar-refractivity contribution in [3.8, 4) is 22.5 Å². The maximum Gasteiger partial charge on any atom is 0.255 e.